The van der Waals surface area contributed by atoms with Gasteiger partial charge in [-0.1, -0.05) is 36.4 Å². The van der Waals surface area contributed by atoms with Crippen LogP contribution >= 0.6 is 0 Å². The predicted molar refractivity (Wildman–Crippen MR) is 83.6 cm³/mol. The minimum Gasteiger partial charge on any atom is -0.478 e. The van der Waals surface area contributed by atoms with Crippen molar-refractivity contribution in [3.63, 3.8) is 0 Å². The van der Waals surface area contributed by atoms with Crippen LogP contribution in [-0.2, 0) is 26.1 Å². The lowest BCUT2D eigenvalue weighted by Crippen LogP contribution is -2.31. The monoisotopic (exact) mass is 297 g/mol. The molecule has 4 heteroatoms. The van der Waals surface area contributed by atoms with E-state index in [1.165, 1.54) is 5.56 Å². The van der Waals surface area contributed by atoms with Crippen LogP contribution in [0.25, 0.3) is 0 Å². The summed E-state index contributed by atoms with van der Waals surface area (Å²) in [5.74, 6) is -0.843. The highest BCUT2D eigenvalue weighted by Crippen LogP contribution is 2.24. The van der Waals surface area contributed by atoms with Gasteiger partial charge in [-0.25, -0.2) is 4.79 Å². The molecule has 22 heavy (non-hydrogen) atoms. The molecule has 0 saturated carbocycles. The lowest BCUT2D eigenvalue weighted by molar-refractivity contribution is 0.0694. The maximum absolute atomic E-state index is 11.3. The average molecular weight is 297 g/mol. The Morgan fingerprint density at radius 2 is 1.82 bits per heavy atom. The quantitative estimate of drug-likeness (QED) is 0.910. The summed E-state index contributed by atoms with van der Waals surface area (Å²) in [6.07, 6.45) is 0.770. The number of hydrogen-bond acceptors (Lipinski definition) is 3. The number of aliphatic hydroxyl groups is 1. The molecule has 2 aromatic carbocycles. The topological polar surface area (TPSA) is 60.8 Å². The van der Waals surface area contributed by atoms with Gasteiger partial charge in [-0.05, 0) is 34.7 Å². The zero-order valence-corrected chi connectivity index (χ0v) is 12.3. The van der Waals surface area contributed by atoms with E-state index in [1.807, 2.05) is 36.4 Å². The smallest absolute Gasteiger partial charge is 0.335 e. The number of nitrogens with zero attached hydrogens (tertiary/aromatic N) is 1. The summed E-state index contributed by atoms with van der Waals surface area (Å²) in [7, 11) is 0. The van der Waals surface area contributed by atoms with Crippen molar-refractivity contribution in [2.75, 3.05) is 6.54 Å². The normalized spacial score (nSPS) is 14.6. The fraction of sp³-hybridized carbons (Fsp3) is 0.278. The molecule has 0 amide bonds. The van der Waals surface area contributed by atoms with Crippen molar-refractivity contribution in [2.24, 2.45) is 0 Å². The fourth-order valence-electron chi connectivity index (χ4n) is 3.01. The number of aliphatic hydroxyl groups excluding tert-OH is 1. The number of carbonyl (C=O) groups is 1. The minimum absolute atomic E-state index is 0.0648. The first kappa shape index (κ1) is 14.8. The second-order valence-corrected chi connectivity index (χ2v) is 5.68. The SMILES string of the molecule is O=C(O)c1cccc2c1CCN(Cc1ccc(CO)cc1)C2. The van der Waals surface area contributed by atoms with E-state index in [0.29, 0.717) is 5.56 Å². The van der Waals surface area contributed by atoms with Crippen molar-refractivity contribution >= 4 is 5.97 Å². The molecule has 0 atom stereocenters. The second kappa shape index (κ2) is 6.30. The van der Waals surface area contributed by atoms with Crippen molar-refractivity contribution in [3.8, 4) is 0 Å². The van der Waals surface area contributed by atoms with Gasteiger partial charge in [0.2, 0.25) is 0 Å². The van der Waals surface area contributed by atoms with Crippen LogP contribution in [0.5, 0.6) is 0 Å². The van der Waals surface area contributed by atoms with Gasteiger partial charge in [-0.15, -0.1) is 0 Å². The Morgan fingerprint density at radius 3 is 2.50 bits per heavy atom. The molecule has 1 aliphatic rings. The predicted octanol–water partition coefficient (Wildman–Crippen LogP) is 2.44. The van der Waals surface area contributed by atoms with Crippen LogP contribution in [0.4, 0.5) is 0 Å². The van der Waals surface area contributed by atoms with Crippen molar-refractivity contribution in [1.29, 1.82) is 0 Å². The Kier molecular flexibility index (Phi) is 4.22. The van der Waals surface area contributed by atoms with Crippen molar-refractivity contribution in [1.82, 2.24) is 4.90 Å². The van der Waals surface area contributed by atoms with Crippen LogP contribution in [0.2, 0.25) is 0 Å². The number of carboxylic acid groups (broad SMARTS) is 1. The first-order chi connectivity index (χ1) is 10.7. The summed E-state index contributed by atoms with van der Waals surface area (Å²) in [4.78, 5) is 13.6. The first-order valence-electron chi connectivity index (χ1n) is 7.42. The summed E-state index contributed by atoms with van der Waals surface area (Å²) in [5.41, 5.74) is 4.64. The molecule has 0 radical (unpaired) electrons. The second-order valence-electron chi connectivity index (χ2n) is 5.68. The van der Waals surface area contributed by atoms with Crippen LogP contribution in [0.15, 0.2) is 42.5 Å². The Morgan fingerprint density at radius 1 is 1.09 bits per heavy atom. The third-order valence-electron chi connectivity index (χ3n) is 4.19. The number of fused-ring (bicyclic) bond motifs is 1. The van der Waals surface area contributed by atoms with Crippen LogP contribution in [0, 0.1) is 0 Å². The number of hydrogen-bond donors (Lipinski definition) is 2. The van der Waals surface area contributed by atoms with E-state index in [0.717, 1.165) is 42.7 Å². The molecular weight excluding hydrogens is 278 g/mol. The molecule has 0 unspecified atom stereocenters. The van der Waals surface area contributed by atoms with E-state index >= 15 is 0 Å². The highest BCUT2D eigenvalue weighted by Gasteiger charge is 2.21. The van der Waals surface area contributed by atoms with E-state index in [9.17, 15) is 9.90 Å². The number of aromatic carboxylic acids is 1. The molecule has 4 nitrogen and oxygen atoms in total. The third-order valence-corrected chi connectivity index (χ3v) is 4.19. The number of carboxylic acids is 1. The Bertz CT molecular complexity index is 679. The third kappa shape index (κ3) is 3.03. The number of rotatable bonds is 4. The summed E-state index contributed by atoms with van der Waals surface area (Å²) >= 11 is 0. The maximum atomic E-state index is 11.3. The Hall–Kier alpha value is -2.17. The summed E-state index contributed by atoms with van der Waals surface area (Å²) in [6, 6.07) is 13.5. The van der Waals surface area contributed by atoms with E-state index in [-0.39, 0.29) is 6.61 Å². The van der Waals surface area contributed by atoms with E-state index in [4.69, 9.17) is 5.11 Å². The standard InChI is InChI=1S/C18H19NO3/c20-12-14-6-4-13(5-7-14)10-19-9-8-16-15(11-19)2-1-3-17(16)18(21)22/h1-7,20H,8-12H2,(H,21,22). The summed E-state index contributed by atoms with van der Waals surface area (Å²) < 4.78 is 0. The average Bonchev–Trinajstić information content (AvgIpc) is 2.54. The molecule has 114 valence electrons. The molecule has 1 aliphatic heterocycles. The zero-order valence-electron chi connectivity index (χ0n) is 12.3. The first-order valence-corrected chi connectivity index (χ1v) is 7.42. The summed E-state index contributed by atoms with van der Waals surface area (Å²) in [6.45, 7) is 2.54. The minimum atomic E-state index is -0.843. The molecule has 2 N–H and O–H groups in total. The molecule has 0 bridgehead atoms. The van der Waals surface area contributed by atoms with E-state index in [1.54, 1.807) is 6.07 Å². The van der Waals surface area contributed by atoms with Gasteiger partial charge < -0.3 is 10.2 Å². The van der Waals surface area contributed by atoms with Crippen molar-refractivity contribution < 1.29 is 15.0 Å². The van der Waals surface area contributed by atoms with Gasteiger partial charge >= 0.3 is 5.97 Å². The van der Waals surface area contributed by atoms with Crippen LogP contribution in [-0.4, -0.2) is 27.6 Å². The maximum Gasteiger partial charge on any atom is 0.335 e. The van der Waals surface area contributed by atoms with Gasteiger partial charge in [0.1, 0.15) is 0 Å². The molecule has 0 aromatic heterocycles. The molecule has 1 heterocycles. The fourth-order valence-corrected chi connectivity index (χ4v) is 3.01. The molecule has 0 saturated heterocycles. The lowest BCUT2D eigenvalue weighted by Gasteiger charge is -2.29. The molecule has 3 rings (SSSR count). The van der Waals surface area contributed by atoms with Gasteiger partial charge in [-0.2, -0.15) is 0 Å². The van der Waals surface area contributed by atoms with Gasteiger partial charge in [0, 0.05) is 19.6 Å². The van der Waals surface area contributed by atoms with Gasteiger partial charge in [0.25, 0.3) is 0 Å². The van der Waals surface area contributed by atoms with Crippen molar-refractivity contribution in [3.05, 3.63) is 70.3 Å². The molecule has 0 spiro atoms. The lowest BCUT2D eigenvalue weighted by atomic mass is 9.94. The Balaban J connectivity index is 1.74. The molecule has 0 fully saturated rings. The van der Waals surface area contributed by atoms with Crippen LogP contribution in [0.1, 0.15) is 32.6 Å². The van der Waals surface area contributed by atoms with Crippen molar-refractivity contribution in [2.45, 2.75) is 26.1 Å². The highest BCUT2D eigenvalue weighted by molar-refractivity contribution is 5.89. The Labute approximate surface area is 129 Å². The largest absolute Gasteiger partial charge is 0.478 e. The zero-order chi connectivity index (χ0) is 15.5. The van der Waals surface area contributed by atoms with E-state index in [2.05, 4.69) is 4.90 Å². The van der Waals surface area contributed by atoms with E-state index < -0.39 is 5.97 Å². The van der Waals surface area contributed by atoms with Gasteiger partial charge in [0.15, 0.2) is 0 Å². The van der Waals surface area contributed by atoms with Gasteiger partial charge in [-0.3, -0.25) is 4.90 Å². The molecule has 0 aliphatic carbocycles. The highest BCUT2D eigenvalue weighted by atomic mass is 16.4. The van der Waals surface area contributed by atoms with Gasteiger partial charge in [0.05, 0.1) is 12.2 Å². The van der Waals surface area contributed by atoms with Crippen LogP contribution < -0.4 is 0 Å². The molecule has 2 aromatic rings. The number of benzene rings is 2. The summed E-state index contributed by atoms with van der Waals surface area (Å²) in [5, 5.41) is 18.3. The van der Waals surface area contributed by atoms with Crippen LogP contribution in [0.3, 0.4) is 0 Å². The molecular formula is C18H19NO3.